The monoisotopic (exact) mass is 464 g/mol. The largest absolute Gasteiger partial charge is 0.478 e. The Morgan fingerprint density at radius 1 is 0.765 bits per heavy atom. The quantitative estimate of drug-likeness (QED) is 0.287. The van der Waals surface area contributed by atoms with Crippen LogP contribution in [0.1, 0.15) is 15.9 Å². The van der Waals surface area contributed by atoms with Gasteiger partial charge in [-0.2, -0.15) is 0 Å². The smallest absolute Gasteiger partial charge is 0.335 e. The van der Waals surface area contributed by atoms with Crippen LogP contribution in [0.5, 0.6) is 0 Å². The van der Waals surface area contributed by atoms with Crippen LogP contribution in [-0.4, -0.2) is 20.6 Å². The van der Waals surface area contributed by atoms with E-state index in [1.54, 1.807) is 18.2 Å². The highest BCUT2D eigenvalue weighted by Gasteiger charge is 2.22. The van der Waals surface area contributed by atoms with Gasteiger partial charge in [0.1, 0.15) is 5.82 Å². The molecule has 0 aliphatic carbocycles. The summed E-state index contributed by atoms with van der Waals surface area (Å²) in [6, 6.07) is 34.8. The van der Waals surface area contributed by atoms with E-state index in [9.17, 15) is 9.90 Å². The molecule has 0 unspecified atom stereocenters. The highest BCUT2D eigenvalue weighted by Crippen LogP contribution is 2.37. The number of carboxylic acids is 1. The molecular weight excluding hydrogens is 444 g/mol. The molecule has 0 aliphatic heterocycles. The van der Waals surface area contributed by atoms with Gasteiger partial charge >= 0.3 is 5.97 Å². The van der Waals surface area contributed by atoms with E-state index in [0.29, 0.717) is 11.6 Å². The van der Waals surface area contributed by atoms with Crippen molar-refractivity contribution in [3.63, 3.8) is 0 Å². The minimum absolute atomic E-state index is 0.221. The summed E-state index contributed by atoms with van der Waals surface area (Å²) in [6.45, 7) is 0.606. The van der Waals surface area contributed by atoms with Crippen LogP contribution in [0, 0.1) is 0 Å². The molecule has 0 aliphatic rings. The highest BCUT2D eigenvalue weighted by molar-refractivity contribution is 6.30. The fraction of sp³-hybridized carbons (Fsp3) is 0.0345. The Kier molecular flexibility index (Phi) is 5.98. The molecule has 166 valence electrons. The summed E-state index contributed by atoms with van der Waals surface area (Å²) >= 11 is 6.19. The number of rotatable bonds is 6. The van der Waals surface area contributed by atoms with Crippen molar-refractivity contribution in [2.24, 2.45) is 0 Å². The normalized spacial score (nSPS) is 10.9. The van der Waals surface area contributed by atoms with Gasteiger partial charge in [-0.3, -0.25) is 0 Å². The van der Waals surface area contributed by atoms with Crippen molar-refractivity contribution >= 4 is 17.6 Å². The molecule has 5 aromatic rings. The molecule has 0 spiro atoms. The molecule has 0 radical (unpaired) electrons. The SMILES string of the molecule is O=C(O)c1cccc(-c2nc(-c3ccccc3)n(Cc3ccccc3)c2-c2ccc(Cl)cc2)c1. The number of hydrogen-bond donors (Lipinski definition) is 1. The zero-order valence-electron chi connectivity index (χ0n) is 18.2. The van der Waals surface area contributed by atoms with Gasteiger partial charge in [0.2, 0.25) is 0 Å². The maximum Gasteiger partial charge on any atom is 0.335 e. The molecule has 1 heterocycles. The van der Waals surface area contributed by atoms with E-state index in [1.807, 2.05) is 78.9 Å². The number of carboxylic acid groups (broad SMARTS) is 1. The summed E-state index contributed by atoms with van der Waals surface area (Å²) in [7, 11) is 0. The molecule has 1 aromatic heterocycles. The molecular formula is C29H21ClN2O2. The molecule has 4 nitrogen and oxygen atoms in total. The number of benzene rings is 4. The third-order valence-corrected chi connectivity index (χ3v) is 5.94. The number of carbonyl (C=O) groups is 1. The first-order valence-electron chi connectivity index (χ1n) is 10.9. The van der Waals surface area contributed by atoms with Crippen molar-refractivity contribution in [2.75, 3.05) is 0 Å². The molecule has 0 atom stereocenters. The molecule has 5 heteroatoms. The first kappa shape index (κ1) is 21.7. The molecule has 5 rings (SSSR count). The van der Waals surface area contributed by atoms with E-state index in [-0.39, 0.29) is 5.56 Å². The summed E-state index contributed by atoms with van der Waals surface area (Å²) in [4.78, 5) is 16.8. The number of halogens is 1. The van der Waals surface area contributed by atoms with Crippen molar-refractivity contribution < 1.29 is 9.90 Å². The number of imidazole rings is 1. The predicted molar refractivity (Wildman–Crippen MR) is 136 cm³/mol. The number of nitrogens with zero attached hydrogens (tertiary/aromatic N) is 2. The van der Waals surface area contributed by atoms with Crippen LogP contribution in [0.2, 0.25) is 5.02 Å². The second kappa shape index (κ2) is 9.38. The van der Waals surface area contributed by atoms with Crippen molar-refractivity contribution in [1.29, 1.82) is 0 Å². The molecule has 0 fully saturated rings. The van der Waals surface area contributed by atoms with Gasteiger partial charge in [0, 0.05) is 28.3 Å². The van der Waals surface area contributed by atoms with Crippen molar-refractivity contribution in [3.8, 4) is 33.9 Å². The van der Waals surface area contributed by atoms with Crippen LogP contribution < -0.4 is 0 Å². The average Bonchev–Trinajstić information content (AvgIpc) is 3.25. The third-order valence-electron chi connectivity index (χ3n) is 5.68. The van der Waals surface area contributed by atoms with Crippen LogP contribution in [0.25, 0.3) is 33.9 Å². The summed E-state index contributed by atoms with van der Waals surface area (Å²) in [5, 5.41) is 10.2. The van der Waals surface area contributed by atoms with Crippen LogP contribution >= 0.6 is 11.6 Å². The van der Waals surface area contributed by atoms with Gasteiger partial charge in [-0.25, -0.2) is 9.78 Å². The first-order valence-corrected chi connectivity index (χ1v) is 11.3. The van der Waals surface area contributed by atoms with Crippen molar-refractivity contribution in [3.05, 3.63) is 125 Å². The zero-order chi connectivity index (χ0) is 23.5. The van der Waals surface area contributed by atoms with E-state index in [1.165, 1.54) is 0 Å². The van der Waals surface area contributed by atoms with Gasteiger partial charge in [0.05, 0.1) is 17.0 Å². The molecule has 0 amide bonds. The lowest BCUT2D eigenvalue weighted by molar-refractivity contribution is 0.0697. The zero-order valence-corrected chi connectivity index (χ0v) is 19.0. The van der Waals surface area contributed by atoms with E-state index >= 15 is 0 Å². The predicted octanol–water partition coefficient (Wildman–Crippen LogP) is 7.28. The first-order chi connectivity index (χ1) is 16.6. The summed E-state index contributed by atoms with van der Waals surface area (Å²) < 4.78 is 2.19. The van der Waals surface area contributed by atoms with Gasteiger partial charge in [-0.15, -0.1) is 0 Å². The van der Waals surface area contributed by atoms with Crippen LogP contribution in [0.15, 0.2) is 109 Å². The van der Waals surface area contributed by atoms with Crippen LogP contribution in [-0.2, 0) is 6.54 Å². The Labute approximate surface area is 202 Å². The molecule has 4 aromatic carbocycles. The maximum absolute atomic E-state index is 11.7. The molecule has 1 N–H and O–H groups in total. The average molecular weight is 465 g/mol. The van der Waals surface area contributed by atoms with E-state index in [4.69, 9.17) is 16.6 Å². The lowest BCUT2D eigenvalue weighted by atomic mass is 10.0. The molecule has 0 bridgehead atoms. The number of aromatic carboxylic acids is 1. The van der Waals surface area contributed by atoms with Crippen molar-refractivity contribution in [1.82, 2.24) is 9.55 Å². The Hall–Kier alpha value is -4.15. The standard InChI is InChI=1S/C29H21ClN2O2/c30-25-16-14-21(15-17-25)27-26(23-12-7-13-24(18-23)29(33)34)31-28(22-10-5-2-6-11-22)32(27)19-20-8-3-1-4-9-20/h1-18H,19H2,(H,33,34). The second-order valence-electron chi connectivity index (χ2n) is 7.96. The van der Waals surface area contributed by atoms with Gasteiger partial charge in [0.25, 0.3) is 0 Å². The summed E-state index contributed by atoms with van der Waals surface area (Å²) in [6.07, 6.45) is 0. The van der Waals surface area contributed by atoms with Gasteiger partial charge in [-0.05, 0) is 29.8 Å². The highest BCUT2D eigenvalue weighted by atomic mass is 35.5. The number of aromatic nitrogens is 2. The second-order valence-corrected chi connectivity index (χ2v) is 8.40. The Morgan fingerprint density at radius 3 is 2.09 bits per heavy atom. The Balaban J connectivity index is 1.81. The van der Waals surface area contributed by atoms with Crippen LogP contribution in [0.4, 0.5) is 0 Å². The minimum Gasteiger partial charge on any atom is -0.478 e. The fourth-order valence-electron chi connectivity index (χ4n) is 4.08. The molecule has 0 saturated heterocycles. The third kappa shape index (κ3) is 4.36. The molecule has 34 heavy (non-hydrogen) atoms. The van der Waals surface area contributed by atoms with Gasteiger partial charge in [0.15, 0.2) is 0 Å². The van der Waals surface area contributed by atoms with E-state index < -0.39 is 5.97 Å². The van der Waals surface area contributed by atoms with Gasteiger partial charge in [-0.1, -0.05) is 96.5 Å². The van der Waals surface area contributed by atoms with Gasteiger partial charge < -0.3 is 9.67 Å². The minimum atomic E-state index is -0.970. The lowest BCUT2D eigenvalue weighted by Crippen LogP contribution is -2.04. The number of hydrogen-bond acceptors (Lipinski definition) is 2. The van der Waals surface area contributed by atoms with Crippen LogP contribution in [0.3, 0.4) is 0 Å². The molecule has 0 saturated carbocycles. The maximum atomic E-state index is 11.7. The van der Waals surface area contributed by atoms with E-state index in [2.05, 4.69) is 16.7 Å². The van der Waals surface area contributed by atoms with E-state index in [0.717, 1.165) is 39.5 Å². The Bertz CT molecular complexity index is 1440. The topological polar surface area (TPSA) is 55.1 Å². The lowest BCUT2D eigenvalue weighted by Gasteiger charge is -2.14. The van der Waals surface area contributed by atoms with Crippen molar-refractivity contribution in [2.45, 2.75) is 6.54 Å². The Morgan fingerprint density at radius 2 is 1.41 bits per heavy atom. The summed E-state index contributed by atoms with van der Waals surface area (Å²) in [5.74, 6) is -0.160. The fourth-order valence-corrected chi connectivity index (χ4v) is 4.21. The summed E-state index contributed by atoms with van der Waals surface area (Å²) in [5.41, 5.74) is 5.66.